The second-order valence-electron chi connectivity index (χ2n) is 3.90. The predicted molar refractivity (Wildman–Crippen MR) is 70.1 cm³/mol. The van der Waals surface area contributed by atoms with Gasteiger partial charge in [0.15, 0.2) is 6.29 Å². The van der Waals surface area contributed by atoms with Crippen molar-refractivity contribution in [2.24, 2.45) is 0 Å². The summed E-state index contributed by atoms with van der Waals surface area (Å²) in [6.07, 6.45) is -3.90. The largest absolute Gasteiger partial charge is 0.418 e. The molecule has 0 aliphatic carbocycles. The molecule has 0 atom stereocenters. The lowest BCUT2D eigenvalue weighted by atomic mass is 10.1. The normalized spacial score (nSPS) is 11.4. The van der Waals surface area contributed by atoms with Gasteiger partial charge >= 0.3 is 6.18 Å². The molecule has 0 N–H and O–H groups in total. The lowest BCUT2D eigenvalue weighted by molar-refractivity contribution is -0.138. The zero-order valence-electron chi connectivity index (χ0n) is 9.71. The molecule has 0 aliphatic heterocycles. The fraction of sp³-hybridized carbons (Fsp3) is 0.0769. The van der Waals surface area contributed by atoms with E-state index in [4.69, 9.17) is 23.2 Å². The number of hydrogen-bond acceptors (Lipinski definition) is 2. The first-order valence-electron chi connectivity index (χ1n) is 5.31. The predicted octanol–water partition coefficient (Wildman–Crippen LogP) is 4.89. The van der Waals surface area contributed by atoms with Crippen molar-refractivity contribution in [1.29, 1.82) is 0 Å². The first-order valence-corrected chi connectivity index (χ1v) is 6.06. The van der Waals surface area contributed by atoms with Crippen LogP contribution in [0.3, 0.4) is 0 Å². The third-order valence-electron chi connectivity index (χ3n) is 2.57. The number of hydrogen-bond donors (Lipinski definition) is 0. The number of carbonyl (C=O) groups excluding carboxylic acids is 1. The highest BCUT2D eigenvalue weighted by molar-refractivity contribution is 6.35. The van der Waals surface area contributed by atoms with Gasteiger partial charge in [-0.25, -0.2) is 0 Å². The molecule has 7 heteroatoms. The van der Waals surface area contributed by atoms with Crippen LogP contribution in [0.5, 0.6) is 0 Å². The Labute approximate surface area is 122 Å². The van der Waals surface area contributed by atoms with Crippen molar-refractivity contribution < 1.29 is 18.0 Å². The molecule has 0 fully saturated rings. The molecule has 2 rings (SSSR count). The monoisotopic (exact) mass is 319 g/mol. The molecule has 2 nitrogen and oxygen atoms in total. The molecule has 20 heavy (non-hydrogen) atoms. The number of benzene rings is 1. The van der Waals surface area contributed by atoms with Crippen LogP contribution in [0.4, 0.5) is 13.2 Å². The zero-order chi connectivity index (χ0) is 14.9. The van der Waals surface area contributed by atoms with E-state index in [1.54, 1.807) is 0 Å². The Kier molecular flexibility index (Phi) is 4.01. The molecule has 104 valence electrons. The topological polar surface area (TPSA) is 30.0 Å². The van der Waals surface area contributed by atoms with Crippen molar-refractivity contribution in [2.75, 3.05) is 0 Å². The molecule has 1 aromatic carbocycles. The van der Waals surface area contributed by atoms with Gasteiger partial charge in [0.1, 0.15) is 0 Å². The molecule has 1 aromatic heterocycles. The summed E-state index contributed by atoms with van der Waals surface area (Å²) >= 11 is 11.8. The van der Waals surface area contributed by atoms with E-state index < -0.39 is 17.3 Å². The number of aromatic nitrogens is 1. The van der Waals surface area contributed by atoms with Gasteiger partial charge in [0.05, 0.1) is 16.3 Å². The number of aldehydes is 1. The first kappa shape index (κ1) is 14.8. The molecule has 0 saturated carbocycles. The molecule has 0 amide bonds. The smallest absolute Gasteiger partial charge is 0.298 e. The maximum absolute atomic E-state index is 12.7. The maximum atomic E-state index is 12.7. The highest BCUT2D eigenvalue weighted by Gasteiger charge is 2.34. The lowest BCUT2D eigenvalue weighted by Gasteiger charge is -2.11. The number of pyridine rings is 1. The Hall–Kier alpha value is -1.59. The molecule has 0 unspecified atom stereocenters. The molecule has 1 heterocycles. The van der Waals surface area contributed by atoms with Crippen LogP contribution < -0.4 is 0 Å². The minimum Gasteiger partial charge on any atom is -0.298 e. The molecule has 0 spiro atoms. The van der Waals surface area contributed by atoms with Crippen molar-refractivity contribution >= 4 is 29.5 Å². The Balaban J connectivity index is 2.60. The van der Waals surface area contributed by atoms with Gasteiger partial charge in [0, 0.05) is 22.3 Å². The van der Waals surface area contributed by atoms with Gasteiger partial charge in [-0.2, -0.15) is 13.2 Å². The molecule has 2 aromatic rings. The summed E-state index contributed by atoms with van der Waals surface area (Å²) in [5.74, 6) is 0. The molecular formula is C13H6Cl2F3NO. The van der Waals surface area contributed by atoms with Gasteiger partial charge in [0.25, 0.3) is 0 Å². The third kappa shape index (κ3) is 2.94. The van der Waals surface area contributed by atoms with Crippen LogP contribution in [0, 0.1) is 0 Å². The van der Waals surface area contributed by atoms with Crippen LogP contribution in [0.25, 0.3) is 11.3 Å². The molecule has 0 saturated heterocycles. The van der Waals surface area contributed by atoms with Gasteiger partial charge in [-0.3, -0.25) is 9.78 Å². The summed E-state index contributed by atoms with van der Waals surface area (Å²) in [4.78, 5) is 14.5. The van der Waals surface area contributed by atoms with Gasteiger partial charge in [-0.05, 0) is 24.3 Å². The minimum absolute atomic E-state index is 0.131. The highest BCUT2D eigenvalue weighted by Crippen LogP contribution is 2.34. The van der Waals surface area contributed by atoms with Crippen LogP contribution >= 0.6 is 23.2 Å². The van der Waals surface area contributed by atoms with Crippen molar-refractivity contribution in [2.45, 2.75) is 6.18 Å². The molecular weight excluding hydrogens is 314 g/mol. The van der Waals surface area contributed by atoms with E-state index in [2.05, 4.69) is 4.98 Å². The first-order chi connectivity index (χ1) is 9.32. The van der Waals surface area contributed by atoms with E-state index in [0.717, 1.165) is 6.07 Å². The summed E-state index contributed by atoms with van der Waals surface area (Å²) in [6.45, 7) is 0. The van der Waals surface area contributed by atoms with E-state index in [-0.39, 0.29) is 17.0 Å². The van der Waals surface area contributed by atoms with E-state index >= 15 is 0 Å². The van der Waals surface area contributed by atoms with E-state index in [1.807, 2.05) is 0 Å². The minimum atomic E-state index is -4.64. The Morgan fingerprint density at radius 2 is 1.85 bits per heavy atom. The fourth-order valence-electron chi connectivity index (χ4n) is 1.65. The Morgan fingerprint density at radius 3 is 2.45 bits per heavy atom. The van der Waals surface area contributed by atoms with Crippen LogP contribution in [-0.4, -0.2) is 11.3 Å². The lowest BCUT2D eigenvalue weighted by Crippen LogP contribution is -2.10. The van der Waals surface area contributed by atoms with E-state index in [1.165, 1.54) is 18.2 Å². The highest BCUT2D eigenvalue weighted by atomic mass is 35.5. The number of alkyl halides is 3. The number of carbonyl (C=O) groups is 1. The SMILES string of the molecule is O=Cc1cc(-c2cc(Cl)ccc2Cl)ncc1C(F)(F)F. The van der Waals surface area contributed by atoms with Crippen LogP contribution in [0.1, 0.15) is 15.9 Å². The van der Waals surface area contributed by atoms with E-state index in [0.29, 0.717) is 16.8 Å². The van der Waals surface area contributed by atoms with Gasteiger partial charge in [0.2, 0.25) is 0 Å². The number of rotatable bonds is 2. The Morgan fingerprint density at radius 1 is 1.15 bits per heavy atom. The van der Waals surface area contributed by atoms with Crippen LogP contribution in [0.2, 0.25) is 10.0 Å². The van der Waals surface area contributed by atoms with Crippen molar-refractivity contribution in [3.05, 3.63) is 51.6 Å². The van der Waals surface area contributed by atoms with Crippen molar-refractivity contribution in [3.8, 4) is 11.3 Å². The standard InChI is InChI=1S/C13H6Cl2F3NO/c14-8-1-2-11(15)9(4-8)12-3-7(6-20)10(5-19-12)13(16,17)18/h1-6H. The van der Waals surface area contributed by atoms with Crippen molar-refractivity contribution in [3.63, 3.8) is 0 Å². The summed E-state index contributed by atoms with van der Waals surface area (Å²) in [5, 5.41) is 0.636. The van der Waals surface area contributed by atoms with Crippen LogP contribution in [-0.2, 0) is 6.18 Å². The third-order valence-corrected chi connectivity index (χ3v) is 3.14. The van der Waals surface area contributed by atoms with Crippen LogP contribution in [0.15, 0.2) is 30.5 Å². The molecule has 0 aliphatic rings. The number of nitrogens with zero attached hydrogens (tertiary/aromatic N) is 1. The molecule has 0 radical (unpaired) electrons. The van der Waals surface area contributed by atoms with Gasteiger partial charge in [-0.1, -0.05) is 23.2 Å². The summed E-state index contributed by atoms with van der Waals surface area (Å²) in [7, 11) is 0. The average molecular weight is 320 g/mol. The zero-order valence-corrected chi connectivity index (χ0v) is 11.2. The van der Waals surface area contributed by atoms with Crippen molar-refractivity contribution in [1.82, 2.24) is 4.98 Å². The second-order valence-corrected chi connectivity index (χ2v) is 4.74. The quantitative estimate of drug-likeness (QED) is 0.738. The second kappa shape index (κ2) is 5.42. The summed E-state index contributed by atoms with van der Waals surface area (Å²) in [6, 6.07) is 5.54. The average Bonchev–Trinajstić information content (AvgIpc) is 2.39. The van der Waals surface area contributed by atoms with E-state index in [9.17, 15) is 18.0 Å². The fourth-order valence-corrected chi connectivity index (χ4v) is 2.03. The Bertz CT molecular complexity index is 671. The van der Waals surface area contributed by atoms with Gasteiger partial charge in [-0.15, -0.1) is 0 Å². The summed E-state index contributed by atoms with van der Waals surface area (Å²) < 4.78 is 38.0. The molecule has 0 bridgehead atoms. The van der Waals surface area contributed by atoms with Gasteiger partial charge < -0.3 is 0 Å². The number of halogens is 5. The maximum Gasteiger partial charge on any atom is 0.418 e. The summed E-state index contributed by atoms with van der Waals surface area (Å²) in [5.41, 5.74) is -1.09.